The summed E-state index contributed by atoms with van der Waals surface area (Å²) < 4.78 is 48.0. The van der Waals surface area contributed by atoms with Gasteiger partial charge in [0.05, 0.1) is 11.5 Å². The van der Waals surface area contributed by atoms with E-state index in [0.29, 0.717) is 30.6 Å². The third-order valence-electron chi connectivity index (χ3n) is 7.40. The van der Waals surface area contributed by atoms with Gasteiger partial charge in [0.1, 0.15) is 0 Å². The highest BCUT2D eigenvalue weighted by Gasteiger charge is 2.36. The Balaban J connectivity index is 1.35. The van der Waals surface area contributed by atoms with Gasteiger partial charge in [-0.05, 0) is 61.1 Å². The average molecular weight is 578 g/mol. The molecule has 37 heavy (non-hydrogen) atoms. The van der Waals surface area contributed by atoms with Crippen LogP contribution < -0.4 is 0 Å². The third-order valence-corrected chi connectivity index (χ3v) is 8.14. The molecule has 196 valence electrons. The van der Waals surface area contributed by atoms with Crippen LogP contribution >= 0.6 is 15.9 Å². The number of carboxylic acids is 1. The summed E-state index contributed by atoms with van der Waals surface area (Å²) in [6.45, 7) is 1.84. The predicted molar refractivity (Wildman–Crippen MR) is 135 cm³/mol. The summed E-state index contributed by atoms with van der Waals surface area (Å²) in [5, 5.41) is 13.2. The molecule has 1 aliphatic heterocycles. The molecule has 10 heteroatoms. The number of alkyl halides is 3. The molecule has 0 radical (unpaired) electrons. The van der Waals surface area contributed by atoms with E-state index in [2.05, 4.69) is 31.0 Å². The van der Waals surface area contributed by atoms with Crippen LogP contribution in [0.15, 0.2) is 45.4 Å². The first-order valence-electron chi connectivity index (χ1n) is 12.5. The number of hydrogen-bond acceptors (Lipinski definition) is 5. The van der Waals surface area contributed by atoms with Gasteiger partial charge < -0.3 is 9.63 Å². The van der Waals surface area contributed by atoms with Crippen molar-refractivity contribution in [2.24, 2.45) is 5.92 Å². The fraction of sp³-hybridized carbons (Fsp3) is 0.444. The van der Waals surface area contributed by atoms with E-state index in [-0.39, 0.29) is 29.1 Å². The highest BCUT2D eigenvalue weighted by molar-refractivity contribution is 9.10. The molecule has 2 aromatic carbocycles. The first kappa shape index (κ1) is 25.9. The van der Waals surface area contributed by atoms with Crippen LogP contribution in [0.1, 0.15) is 61.1 Å². The van der Waals surface area contributed by atoms with Crippen molar-refractivity contribution in [1.82, 2.24) is 15.0 Å². The first-order chi connectivity index (χ1) is 17.7. The van der Waals surface area contributed by atoms with Crippen molar-refractivity contribution in [2.45, 2.75) is 57.2 Å². The summed E-state index contributed by atoms with van der Waals surface area (Å²) in [5.41, 5.74) is 1.61. The van der Waals surface area contributed by atoms with Gasteiger partial charge in [-0.2, -0.15) is 18.2 Å². The number of hydrogen-bond donors (Lipinski definition) is 1. The van der Waals surface area contributed by atoms with Crippen LogP contribution in [0, 0.1) is 5.92 Å². The van der Waals surface area contributed by atoms with Crippen LogP contribution in [0.4, 0.5) is 13.2 Å². The fourth-order valence-corrected chi connectivity index (χ4v) is 5.90. The molecule has 0 bridgehead atoms. The Morgan fingerprint density at radius 2 is 1.84 bits per heavy atom. The van der Waals surface area contributed by atoms with E-state index in [9.17, 15) is 23.1 Å². The number of benzene rings is 2. The smallest absolute Gasteiger partial charge is 0.416 e. The molecule has 1 unspecified atom stereocenters. The van der Waals surface area contributed by atoms with E-state index >= 15 is 0 Å². The molecular formula is C27H27BrF3N3O3. The summed E-state index contributed by atoms with van der Waals surface area (Å²) in [6, 6.07) is 9.90. The molecule has 0 amide bonds. The van der Waals surface area contributed by atoms with Crippen LogP contribution in [-0.4, -0.2) is 39.2 Å². The predicted octanol–water partition coefficient (Wildman–Crippen LogP) is 7.14. The maximum absolute atomic E-state index is 14.0. The van der Waals surface area contributed by atoms with E-state index in [4.69, 9.17) is 4.52 Å². The van der Waals surface area contributed by atoms with Crippen molar-refractivity contribution in [1.29, 1.82) is 0 Å². The number of carboxylic acid groups (broad SMARTS) is 1. The molecule has 2 fully saturated rings. The minimum atomic E-state index is -4.47. The second-order valence-electron chi connectivity index (χ2n) is 9.92. The molecule has 5 rings (SSSR count). The normalized spacial score (nSPS) is 19.4. The molecule has 1 N–H and O–H groups in total. The molecule has 1 atom stereocenters. The Labute approximate surface area is 221 Å². The van der Waals surface area contributed by atoms with Gasteiger partial charge in [-0.1, -0.05) is 58.5 Å². The molecule has 0 spiro atoms. The van der Waals surface area contributed by atoms with E-state index in [1.807, 2.05) is 18.2 Å². The summed E-state index contributed by atoms with van der Waals surface area (Å²) in [4.78, 5) is 17.7. The number of halogens is 4. The molecular weight excluding hydrogens is 551 g/mol. The lowest BCUT2D eigenvalue weighted by atomic mass is 9.81. The summed E-state index contributed by atoms with van der Waals surface area (Å²) >= 11 is 3.57. The lowest BCUT2D eigenvalue weighted by molar-refractivity contribution is -0.141. The quantitative estimate of drug-likeness (QED) is 0.335. The second kappa shape index (κ2) is 10.6. The van der Waals surface area contributed by atoms with Crippen molar-refractivity contribution in [3.8, 4) is 22.8 Å². The van der Waals surface area contributed by atoms with Gasteiger partial charge in [0.15, 0.2) is 0 Å². The van der Waals surface area contributed by atoms with E-state index < -0.39 is 17.7 Å². The zero-order valence-electron chi connectivity index (χ0n) is 20.1. The van der Waals surface area contributed by atoms with Gasteiger partial charge in [0, 0.05) is 28.7 Å². The van der Waals surface area contributed by atoms with Crippen molar-refractivity contribution in [3.63, 3.8) is 0 Å². The van der Waals surface area contributed by atoms with Gasteiger partial charge in [-0.15, -0.1) is 0 Å². The van der Waals surface area contributed by atoms with Crippen LogP contribution in [0.2, 0.25) is 0 Å². The van der Waals surface area contributed by atoms with Crippen LogP contribution in [0.3, 0.4) is 0 Å². The van der Waals surface area contributed by atoms with Crippen LogP contribution in [0.25, 0.3) is 22.8 Å². The molecule has 1 saturated heterocycles. The molecule has 2 aliphatic rings. The number of nitrogens with zero attached hydrogens (tertiary/aromatic N) is 3. The highest BCUT2D eigenvalue weighted by Crippen LogP contribution is 2.42. The maximum atomic E-state index is 14.0. The zero-order valence-corrected chi connectivity index (χ0v) is 21.7. The molecule has 1 saturated carbocycles. The van der Waals surface area contributed by atoms with Gasteiger partial charge in [0.2, 0.25) is 5.82 Å². The Morgan fingerprint density at radius 3 is 2.51 bits per heavy atom. The Hall–Kier alpha value is -2.72. The molecule has 2 heterocycles. The van der Waals surface area contributed by atoms with Crippen molar-refractivity contribution in [2.75, 3.05) is 13.1 Å². The van der Waals surface area contributed by atoms with Gasteiger partial charge in [-0.25, -0.2) is 0 Å². The van der Waals surface area contributed by atoms with Crippen LogP contribution in [0.5, 0.6) is 0 Å². The summed E-state index contributed by atoms with van der Waals surface area (Å²) in [5.74, 6) is -0.878. The largest absolute Gasteiger partial charge is 0.481 e. The van der Waals surface area contributed by atoms with Gasteiger partial charge >= 0.3 is 12.1 Å². The zero-order chi connectivity index (χ0) is 26.2. The highest BCUT2D eigenvalue weighted by atomic mass is 79.9. The fourth-order valence-electron chi connectivity index (χ4n) is 5.40. The maximum Gasteiger partial charge on any atom is 0.416 e. The Kier molecular flexibility index (Phi) is 7.40. The van der Waals surface area contributed by atoms with Crippen molar-refractivity contribution >= 4 is 21.9 Å². The molecule has 6 nitrogen and oxygen atoms in total. The number of rotatable bonds is 6. The molecule has 1 aliphatic carbocycles. The first-order valence-corrected chi connectivity index (χ1v) is 13.3. The number of likely N-dealkylation sites (tertiary alicyclic amines) is 1. The van der Waals surface area contributed by atoms with Crippen molar-refractivity contribution < 1.29 is 27.6 Å². The SMILES string of the molecule is O=C(O)C1CCN(Cc2ccc(-c3noc(-c4ccc(C5CCCCC5)c(C(F)(F)F)c4)n3)cc2Br)C1. The van der Waals surface area contributed by atoms with E-state index in [1.54, 1.807) is 12.1 Å². The topological polar surface area (TPSA) is 79.5 Å². The summed E-state index contributed by atoms with van der Waals surface area (Å²) in [6.07, 6.45) is 0.686. The minimum absolute atomic E-state index is 0.0349. The number of carbonyl (C=O) groups is 1. The Morgan fingerprint density at radius 1 is 1.08 bits per heavy atom. The molecule has 3 aromatic rings. The van der Waals surface area contributed by atoms with Crippen molar-refractivity contribution in [3.05, 3.63) is 57.6 Å². The monoisotopic (exact) mass is 577 g/mol. The number of aromatic nitrogens is 2. The van der Waals surface area contributed by atoms with Gasteiger partial charge in [-0.3, -0.25) is 9.69 Å². The van der Waals surface area contributed by atoms with Crippen LogP contribution in [-0.2, 0) is 17.5 Å². The average Bonchev–Trinajstić information content (AvgIpc) is 3.55. The van der Waals surface area contributed by atoms with E-state index in [0.717, 1.165) is 54.8 Å². The standard InChI is InChI=1S/C27H27BrF3N3O3/c28-23-13-17(6-7-19(23)14-34-11-10-20(15-34)26(35)36)24-32-25(37-33-24)18-8-9-21(16-4-2-1-3-5-16)22(12-18)27(29,30)31/h6-9,12-13,16,20H,1-5,10-11,14-15H2,(H,35,36). The van der Waals surface area contributed by atoms with E-state index in [1.165, 1.54) is 0 Å². The molecule has 1 aromatic heterocycles. The summed E-state index contributed by atoms with van der Waals surface area (Å²) in [7, 11) is 0. The number of aliphatic carboxylic acids is 1. The lowest BCUT2D eigenvalue weighted by Crippen LogP contribution is -2.23. The lowest BCUT2D eigenvalue weighted by Gasteiger charge is -2.25. The minimum Gasteiger partial charge on any atom is -0.481 e. The van der Waals surface area contributed by atoms with Gasteiger partial charge in [0.25, 0.3) is 5.89 Å². The second-order valence-corrected chi connectivity index (χ2v) is 10.8. The third kappa shape index (κ3) is 5.75. The Bertz CT molecular complexity index is 1290.